The zero-order chi connectivity index (χ0) is 20.4. The molecule has 1 aliphatic heterocycles. The van der Waals surface area contributed by atoms with Gasteiger partial charge in [0.25, 0.3) is 0 Å². The smallest absolute Gasteiger partial charge is 0.173 e. The molecule has 2 aromatic rings. The maximum Gasteiger partial charge on any atom is 0.173 e. The average Bonchev–Trinajstić information content (AvgIpc) is 2.69. The van der Waals surface area contributed by atoms with E-state index in [4.69, 9.17) is 18.8 Å². The van der Waals surface area contributed by atoms with E-state index in [-0.39, 0.29) is 23.7 Å². The molecule has 1 saturated carbocycles. The van der Waals surface area contributed by atoms with E-state index in [1.54, 1.807) is 12.1 Å². The van der Waals surface area contributed by atoms with Gasteiger partial charge in [0.15, 0.2) is 22.6 Å². The molecule has 1 N–H and O–H groups in total. The predicted octanol–water partition coefficient (Wildman–Crippen LogP) is 4.74. The molecule has 1 fully saturated rings. The lowest BCUT2D eigenvalue weighted by atomic mass is 9.95. The van der Waals surface area contributed by atoms with Gasteiger partial charge in [-0.25, -0.2) is 8.60 Å². The van der Waals surface area contributed by atoms with Gasteiger partial charge in [-0.1, -0.05) is 6.07 Å². The van der Waals surface area contributed by atoms with Crippen molar-refractivity contribution in [3.8, 4) is 28.4 Å². The van der Waals surface area contributed by atoms with Crippen LogP contribution in [-0.2, 0) is 17.5 Å². The third kappa shape index (κ3) is 4.56. The lowest BCUT2D eigenvalue weighted by molar-refractivity contribution is 0.120. The number of ether oxygens (including phenoxy) is 3. The van der Waals surface area contributed by atoms with Gasteiger partial charge in [-0.15, -0.1) is 0 Å². The topological polar surface area (TPSA) is 65.0 Å². The minimum Gasteiger partial charge on any atom is -0.494 e. The fourth-order valence-electron chi connectivity index (χ4n) is 3.73. The average molecular weight is 421 g/mol. The van der Waals surface area contributed by atoms with Crippen LogP contribution in [0.5, 0.6) is 17.2 Å². The van der Waals surface area contributed by atoms with Gasteiger partial charge in [0, 0.05) is 11.6 Å². The Morgan fingerprint density at radius 2 is 2.07 bits per heavy atom. The first kappa shape index (κ1) is 20.2. The predicted molar refractivity (Wildman–Crippen MR) is 110 cm³/mol. The standard InChI is InChI=1S/C22H25FO5S/c1-26-21-13-18(27-16-3-2-4-16)12-19(22(21)23)14-6-8-20-15(11-14)5-7-17(28-20)9-10-29(24)25/h6,8,11-13,16-17H,2-5,7,9-10H2,1H3,(H,24,25). The van der Waals surface area contributed by atoms with Crippen LogP contribution in [0.2, 0.25) is 0 Å². The van der Waals surface area contributed by atoms with Crippen LogP contribution in [0.4, 0.5) is 4.39 Å². The van der Waals surface area contributed by atoms with Gasteiger partial charge in [0.1, 0.15) is 17.6 Å². The minimum atomic E-state index is -1.81. The molecule has 0 spiro atoms. The second-order valence-electron chi connectivity index (χ2n) is 7.57. The van der Waals surface area contributed by atoms with Crippen LogP contribution < -0.4 is 14.2 Å². The number of hydrogen-bond donors (Lipinski definition) is 1. The van der Waals surface area contributed by atoms with Crippen LogP contribution in [0.15, 0.2) is 30.3 Å². The summed E-state index contributed by atoms with van der Waals surface area (Å²) in [4.78, 5) is 0. The summed E-state index contributed by atoms with van der Waals surface area (Å²) in [6.07, 6.45) is 5.42. The Morgan fingerprint density at radius 3 is 2.76 bits per heavy atom. The first-order chi connectivity index (χ1) is 14.0. The maximum atomic E-state index is 15.0. The number of aryl methyl sites for hydroxylation is 1. The molecule has 1 heterocycles. The van der Waals surface area contributed by atoms with E-state index in [0.29, 0.717) is 17.7 Å². The summed E-state index contributed by atoms with van der Waals surface area (Å²) in [5, 5.41) is 0. The van der Waals surface area contributed by atoms with Crippen molar-refractivity contribution in [1.82, 2.24) is 0 Å². The Balaban J connectivity index is 1.58. The van der Waals surface area contributed by atoms with E-state index in [9.17, 15) is 8.60 Å². The first-order valence-electron chi connectivity index (χ1n) is 9.95. The fraction of sp³-hybridized carbons (Fsp3) is 0.455. The van der Waals surface area contributed by atoms with E-state index in [0.717, 1.165) is 49.0 Å². The molecule has 0 saturated heterocycles. The lowest BCUT2D eigenvalue weighted by Crippen LogP contribution is -2.24. The molecule has 156 valence electrons. The first-order valence-corrected chi connectivity index (χ1v) is 11.2. The van der Waals surface area contributed by atoms with Gasteiger partial charge in [-0.3, -0.25) is 0 Å². The second kappa shape index (κ2) is 8.71. The van der Waals surface area contributed by atoms with Crippen LogP contribution in [0.25, 0.3) is 11.1 Å². The van der Waals surface area contributed by atoms with E-state index in [2.05, 4.69) is 0 Å². The Kier molecular flexibility index (Phi) is 6.06. The second-order valence-corrected chi connectivity index (χ2v) is 8.62. The van der Waals surface area contributed by atoms with E-state index >= 15 is 0 Å². The van der Waals surface area contributed by atoms with Crippen molar-refractivity contribution in [2.45, 2.75) is 50.7 Å². The zero-order valence-electron chi connectivity index (χ0n) is 16.4. The van der Waals surface area contributed by atoms with Crippen LogP contribution in [0.1, 0.15) is 37.7 Å². The van der Waals surface area contributed by atoms with Crippen molar-refractivity contribution >= 4 is 11.1 Å². The molecule has 7 heteroatoms. The van der Waals surface area contributed by atoms with Gasteiger partial charge in [-0.05, 0) is 67.9 Å². The van der Waals surface area contributed by atoms with E-state index in [1.807, 2.05) is 18.2 Å². The summed E-state index contributed by atoms with van der Waals surface area (Å²) in [6, 6.07) is 8.96. The van der Waals surface area contributed by atoms with E-state index < -0.39 is 16.9 Å². The van der Waals surface area contributed by atoms with Crippen molar-refractivity contribution in [1.29, 1.82) is 0 Å². The highest BCUT2D eigenvalue weighted by atomic mass is 32.2. The van der Waals surface area contributed by atoms with E-state index in [1.165, 1.54) is 7.11 Å². The van der Waals surface area contributed by atoms with Gasteiger partial charge < -0.3 is 18.8 Å². The van der Waals surface area contributed by atoms with Crippen LogP contribution in [0, 0.1) is 5.82 Å². The van der Waals surface area contributed by atoms with Crippen molar-refractivity contribution in [2.24, 2.45) is 0 Å². The summed E-state index contributed by atoms with van der Waals surface area (Å²) in [5.74, 6) is 1.34. The molecule has 2 unspecified atom stereocenters. The lowest BCUT2D eigenvalue weighted by Gasteiger charge is -2.27. The molecule has 2 atom stereocenters. The van der Waals surface area contributed by atoms with Gasteiger partial charge >= 0.3 is 0 Å². The number of methoxy groups -OCH3 is 1. The fourth-order valence-corrected chi connectivity index (χ4v) is 4.19. The Bertz CT molecular complexity index is 912. The van der Waals surface area contributed by atoms with Gasteiger partial charge in [-0.2, -0.15) is 0 Å². The monoisotopic (exact) mass is 420 g/mol. The maximum absolute atomic E-state index is 15.0. The highest BCUT2D eigenvalue weighted by Crippen LogP contribution is 2.38. The third-order valence-corrected chi connectivity index (χ3v) is 6.19. The summed E-state index contributed by atoms with van der Waals surface area (Å²) in [6.45, 7) is 0. The van der Waals surface area contributed by atoms with Gasteiger partial charge in [0.05, 0.1) is 19.0 Å². The highest BCUT2D eigenvalue weighted by Gasteiger charge is 2.23. The van der Waals surface area contributed by atoms with Crippen molar-refractivity contribution in [3.05, 3.63) is 41.7 Å². The Morgan fingerprint density at radius 1 is 1.24 bits per heavy atom. The summed E-state index contributed by atoms with van der Waals surface area (Å²) >= 11 is -1.81. The van der Waals surface area contributed by atoms with Crippen LogP contribution >= 0.6 is 0 Å². The number of halogens is 1. The summed E-state index contributed by atoms with van der Waals surface area (Å²) < 4.78 is 52.0. The Labute approximate surface area is 172 Å². The molecule has 0 bridgehead atoms. The number of fused-ring (bicyclic) bond motifs is 1. The number of hydrogen-bond acceptors (Lipinski definition) is 4. The van der Waals surface area contributed by atoms with Crippen molar-refractivity contribution < 1.29 is 27.4 Å². The summed E-state index contributed by atoms with van der Waals surface area (Å²) in [5.41, 5.74) is 2.20. The molecular formula is C22H25FO5S. The molecule has 5 nitrogen and oxygen atoms in total. The zero-order valence-corrected chi connectivity index (χ0v) is 17.2. The molecule has 4 rings (SSSR count). The molecule has 0 aromatic heterocycles. The number of benzene rings is 2. The molecule has 1 aliphatic carbocycles. The SMILES string of the molecule is COc1cc(OC2CCC2)cc(-c2ccc3c(c2)CCC(CCS(=O)O)O3)c1F. The van der Waals surface area contributed by atoms with Crippen molar-refractivity contribution in [2.75, 3.05) is 12.9 Å². The van der Waals surface area contributed by atoms with Gasteiger partial charge in [0.2, 0.25) is 0 Å². The Hall–Kier alpha value is -2.12. The normalized spacial score (nSPS) is 19.6. The minimum absolute atomic E-state index is 0.0690. The highest BCUT2D eigenvalue weighted by molar-refractivity contribution is 7.79. The third-order valence-electron chi connectivity index (χ3n) is 5.60. The molecular weight excluding hydrogens is 395 g/mol. The van der Waals surface area contributed by atoms with Crippen molar-refractivity contribution in [3.63, 3.8) is 0 Å². The number of rotatable bonds is 7. The molecule has 29 heavy (non-hydrogen) atoms. The molecule has 0 radical (unpaired) electrons. The largest absolute Gasteiger partial charge is 0.494 e. The summed E-state index contributed by atoms with van der Waals surface area (Å²) in [7, 11) is 1.45. The van der Waals surface area contributed by atoms with Crippen LogP contribution in [-0.4, -0.2) is 33.8 Å². The molecule has 2 aliphatic rings. The molecule has 0 amide bonds. The van der Waals surface area contributed by atoms with Crippen LogP contribution in [0.3, 0.4) is 0 Å². The molecule has 2 aromatic carbocycles. The quantitative estimate of drug-likeness (QED) is 0.656.